The van der Waals surface area contributed by atoms with Gasteiger partial charge in [0.15, 0.2) is 0 Å². The number of pyridine rings is 1. The smallest absolute Gasteiger partial charge is 0.323 e. The van der Waals surface area contributed by atoms with Crippen molar-refractivity contribution in [3.63, 3.8) is 0 Å². The fraction of sp³-hybridized carbons (Fsp3) is 0.583. The lowest BCUT2D eigenvalue weighted by Gasteiger charge is -2.32. The van der Waals surface area contributed by atoms with E-state index in [1.54, 1.807) is 6.20 Å². The van der Waals surface area contributed by atoms with E-state index in [4.69, 9.17) is 14.2 Å². The first kappa shape index (κ1) is 14.6. The number of hydrogen-bond acceptors (Lipinski definition) is 4. The largest absolute Gasteiger partial charge is 0.331 e. The molecule has 0 aromatic carbocycles. The predicted molar refractivity (Wildman–Crippen MR) is 68.5 cm³/mol. The third-order valence-electron chi connectivity index (χ3n) is 2.05. The lowest BCUT2D eigenvalue weighted by molar-refractivity contribution is -0.391. The van der Waals surface area contributed by atoms with Crippen LogP contribution >= 0.6 is 15.9 Å². The molecule has 0 amide bonds. The summed E-state index contributed by atoms with van der Waals surface area (Å²) in [7, 11) is 0. The van der Waals surface area contributed by atoms with Crippen LogP contribution in [0.15, 0.2) is 22.8 Å². The summed E-state index contributed by atoms with van der Waals surface area (Å²) in [6.45, 7) is 7.10. The van der Waals surface area contributed by atoms with Crippen molar-refractivity contribution in [1.82, 2.24) is 4.98 Å². The van der Waals surface area contributed by atoms with Gasteiger partial charge in [0.25, 0.3) is 0 Å². The summed E-state index contributed by atoms with van der Waals surface area (Å²) in [4.78, 5) is 4.28. The third kappa shape index (κ3) is 3.48. The van der Waals surface area contributed by atoms with E-state index in [0.29, 0.717) is 25.5 Å². The lowest BCUT2D eigenvalue weighted by Crippen LogP contribution is -2.38. The fourth-order valence-corrected chi connectivity index (χ4v) is 2.01. The Morgan fingerprint density at radius 1 is 1.12 bits per heavy atom. The van der Waals surface area contributed by atoms with Crippen LogP contribution in [0.4, 0.5) is 0 Å². The molecule has 0 N–H and O–H groups in total. The van der Waals surface area contributed by atoms with Crippen molar-refractivity contribution in [2.24, 2.45) is 0 Å². The topological polar surface area (TPSA) is 40.6 Å². The van der Waals surface area contributed by atoms with E-state index < -0.39 is 5.97 Å². The normalized spacial score (nSPS) is 11.8. The molecule has 0 aliphatic heterocycles. The minimum atomic E-state index is -1.22. The molecule has 0 fully saturated rings. The van der Waals surface area contributed by atoms with E-state index in [0.717, 1.165) is 4.47 Å². The van der Waals surface area contributed by atoms with E-state index >= 15 is 0 Å². The van der Waals surface area contributed by atoms with Gasteiger partial charge in [-0.1, -0.05) is 0 Å². The van der Waals surface area contributed by atoms with E-state index in [-0.39, 0.29) is 0 Å². The van der Waals surface area contributed by atoms with Crippen molar-refractivity contribution in [2.45, 2.75) is 26.7 Å². The van der Waals surface area contributed by atoms with Crippen molar-refractivity contribution in [3.8, 4) is 0 Å². The number of hydrogen-bond donors (Lipinski definition) is 0. The molecule has 1 rings (SSSR count). The molecular formula is C12H18BrNO3. The standard InChI is InChI=1S/C12H18BrNO3/c1-4-15-12(16-5-2,17-6-3)11-10(13)8-7-9-14-11/h7-9H,4-6H2,1-3H3. The minimum absolute atomic E-state index is 0.475. The van der Waals surface area contributed by atoms with Gasteiger partial charge in [0.2, 0.25) is 0 Å². The van der Waals surface area contributed by atoms with Crippen LogP contribution in [0.1, 0.15) is 26.5 Å². The van der Waals surface area contributed by atoms with Gasteiger partial charge < -0.3 is 14.2 Å². The molecule has 0 radical (unpaired) electrons. The van der Waals surface area contributed by atoms with Gasteiger partial charge in [-0.25, -0.2) is 0 Å². The molecule has 0 spiro atoms. The van der Waals surface area contributed by atoms with E-state index in [1.165, 1.54) is 0 Å². The van der Waals surface area contributed by atoms with E-state index in [2.05, 4.69) is 20.9 Å². The molecule has 0 unspecified atom stereocenters. The van der Waals surface area contributed by atoms with Crippen LogP contribution in [0, 0.1) is 0 Å². The molecule has 0 saturated heterocycles. The fourth-order valence-electron chi connectivity index (χ4n) is 1.51. The zero-order chi connectivity index (χ0) is 12.7. The SMILES string of the molecule is CCOC(OCC)(OCC)c1ncccc1Br. The Hall–Kier alpha value is -0.490. The van der Waals surface area contributed by atoms with Crippen LogP contribution in [0.5, 0.6) is 0 Å². The molecule has 0 atom stereocenters. The van der Waals surface area contributed by atoms with Crippen LogP contribution in [-0.4, -0.2) is 24.8 Å². The van der Waals surface area contributed by atoms with Gasteiger partial charge in [0, 0.05) is 10.7 Å². The molecule has 4 nitrogen and oxygen atoms in total. The zero-order valence-electron chi connectivity index (χ0n) is 10.4. The molecule has 0 bridgehead atoms. The van der Waals surface area contributed by atoms with Crippen LogP contribution in [0.25, 0.3) is 0 Å². The number of halogens is 1. The molecule has 17 heavy (non-hydrogen) atoms. The summed E-state index contributed by atoms with van der Waals surface area (Å²) in [5.41, 5.74) is 0.602. The molecule has 0 aliphatic carbocycles. The number of ether oxygens (including phenoxy) is 3. The molecule has 5 heteroatoms. The molecule has 0 aliphatic rings. The van der Waals surface area contributed by atoms with Gasteiger partial charge in [-0.2, -0.15) is 0 Å². The molecule has 1 heterocycles. The summed E-state index contributed by atoms with van der Waals surface area (Å²) in [5.74, 6) is -1.22. The van der Waals surface area contributed by atoms with Gasteiger partial charge in [-0.15, -0.1) is 0 Å². The van der Waals surface area contributed by atoms with E-state index in [9.17, 15) is 0 Å². The van der Waals surface area contributed by atoms with Crippen molar-refractivity contribution in [3.05, 3.63) is 28.5 Å². The maximum atomic E-state index is 5.64. The number of rotatable bonds is 7. The maximum absolute atomic E-state index is 5.64. The Morgan fingerprint density at radius 3 is 2.06 bits per heavy atom. The predicted octanol–water partition coefficient (Wildman–Crippen LogP) is 3.06. The monoisotopic (exact) mass is 303 g/mol. The summed E-state index contributed by atoms with van der Waals surface area (Å²) >= 11 is 3.44. The Morgan fingerprint density at radius 2 is 1.65 bits per heavy atom. The second kappa shape index (κ2) is 7.06. The average molecular weight is 304 g/mol. The molecule has 1 aromatic rings. The van der Waals surface area contributed by atoms with Gasteiger partial charge in [0.05, 0.1) is 19.8 Å². The van der Waals surface area contributed by atoms with Crippen molar-refractivity contribution >= 4 is 15.9 Å². The van der Waals surface area contributed by atoms with Gasteiger partial charge in [0.1, 0.15) is 5.69 Å². The summed E-state index contributed by atoms with van der Waals surface area (Å²) in [6, 6.07) is 3.72. The highest BCUT2D eigenvalue weighted by Gasteiger charge is 2.38. The number of aromatic nitrogens is 1. The van der Waals surface area contributed by atoms with Crippen LogP contribution in [-0.2, 0) is 20.2 Å². The van der Waals surface area contributed by atoms with Crippen molar-refractivity contribution in [2.75, 3.05) is 19.8 Å². The first-order chi connectivity index (χ1) is 8.20. The van der Waals surface area contributed by atoms with Gasteiger partial charge in [-0.3, -0.25) is 4.98 Å². The average Bonchev–Trinajstić information content (AvgIpc) is 2.30. The van der Waals surface area contributed by atoms with Crippen LogP contribution < -0.4 is 0 Å². The zero-order valence-corrected chi connectivity index (χ0v) is 12.0. The summed E-state index contributed by atoms with van der Waals surface area (Å²) in [5, 5.41) is 0. The number of nitrogens with zero attached hydrogens (tertiary/aromatic N) is 1. The van der Waals surface area contributed by atoms with E-state index in [1.807, 2.05) is 32.9 Å². The summed E-state index contributed by atoms with van der Waals surface area (Å²) in [6.07, 6.45) is 1.69. The maximum Gasteiger partial charge on any atom is 0.331 e. The quantitative estimate of drug-likeness (QED) is 0.726. The Bertz CT molecular complexity index is 329. The third-order valence-corrected chi connectivity index (χ3v) is 2.69. The summed E-state index contributed by atoms with van der Waals surface area (Å²) < 4.78 is 17.7. The van der Waals surface area contributed by atoms with Gasteiger partial charge >= 0.3 is 5.97 Å². The molecule has 1 aromatic heterocycles. The highest BCUT2D eigenvalue weighted by atomic mass is 79.9. The highest BCUT2D eigenvalue weighted by Crippen LogP contribution is 2.32. The Labute approximate surface area is 110 Å². The van der Waals surface area contributed by atoms with Crippen molar-refractivity contribution < 1.29 is 14.2 Å². The second-order valence-electron chi connectivity index (χ2n) is 3.19. The van der Waals surface area contributed by atoms with Crippen LogP contribution in [0.2, 0.25) is 0 Å². The van der Waals surface area contributed by atoms with Crippen LogP contribution in [0.3, 0.4) is 0 Å². The second-order valence-corrected chi connectivity index (χ2v) is 4.04. The molecular weight excluding hydrogens is 286 g/mol. The van der Waals surface area contributed by atoms with Gasteiger partial charge in [-0.05, 0) is 48.8 Å². The molecule has 0 saturated carbocycles. The lowest BCUT2D eigenvalue weighted by atomic mass is 10.3. The first-order valence-electron chi connectivity index (χ1n) is 5.73. The van der Waals surface area contributed by atoms with Crippen molar-refractivity contribution in [1.29, 1.82) is 0 Å². The highest BCUT2D eigenvalue weighted by molar-refractivity contribution is 9.10. The first-order valence-corrected chi connectivity index (χ1v) is 6.52. The Balaban J connectivity index is 3.14. The molecule has 96 valence electrons. The Kier molecular flexibility index (Phi) is 6.05. The minimum Gasteiger partial charge on any atom is -0.323 e.